The third kappa shape index (κ3) is 4.15. The Hall–Kier alpha value is -2.19. The lowest BCUT2D eigenvalue weighted by molar-refractivity contribution is -0.384. The van der Waals surface area contributed by atoms with Crippen molar-refractivity contribution in [3.63, 3.8) is 0 Å². The van der Waals surface area contributed by atoms with Gasteiger partial charge in [-0.25, -0.2) is 0 Å². The summed E-state index contributed by atoms with van der Waals surface area (Å²) in [6, 6.07) is 4.32. The van der Waals surface area contributed by atoms with E-state index >= 15 is 0 Å². The zero-order valence-corrected chi connectivity index (χ0v) is 12.6. The summed E-state index contributed by atoms with van der Waals surface area (Å²) < 4.78 is 10.4. The first-order valence-electron chi connectivity index (χ1n) is 6.96. The van der Waals surface area contributed by atoms with Gasteiger partial charge in [0, 0.05) is 13.1 Å². The topological polar surface area (TPSA) is 93.9 Å². The summed E-state index contributed by atoms with van der Waals surface area (Å²) in [5.41, 5.74) is -0.0276. The summed E-state index contributed by atoms with van der Waals surface area (Å²) in [5.74, 6) is 0.0778. The molecule has 1 aliphatic rings. The number of nitrogens with zero attached hydrogens (tertiary/aromatic N) is 2. The Bertz CT molecular complexity index is 563. The van der Waals surface area contributed by atoms with Gasteiger partial charge in [0.15, 0.2) is 0 Å². The summed E-state index contributed by atoms with van der Waals surface area (Å²) >= 11 is 0. The van der Waals surface area contributed by atoms with Gasteiger partial charge in [-0.05, 0) is 19.1 Å². The zero-order chi connectivity index (χ0) is 16.1. The highest BCUT2D eigenvalue weighted by atomic mass is 16.6. The molecule has 1 aliphatic heterocycles. The Balaban J connectivity index is 2.03. The number of benzene rings is 1. The highest BCUT2D eigenvalue weighted by Gasteiger charge is 2.21. The monoisotopic (exact) mass is 309 g/mol. The standard InChI is InChI=1S/C14H19N3O5/c1-10-8-16(5-6-22-10)9-14(18)15-12-4-3-11(21-2)7-13(12)17(19)20/h3-4,7,10H,5-6,8-9H2,1-2H3,(H,15,18). The van der Waals surface area contributed by atoms with Crippen molar-refractivity contribution in [2.24, 2.45) is 0 Å². The fourth-order valence-corrected chi connectivity index (χ4v) is 2.32. The van der Waals surface area contributed by atoms with Crippen molar-refractivity contribution in [1.82, 2.24) is 4.90 Å². The van der Waals surface area contributed by atoms with E-state index in [1.807, 2.05) is 11.8 Å². The van der Waals surface area contributed by atoms with Crippen molar-refractivity contribution in [1.29, 1.82) is 0 Å². The first-order chi connectivity index (χ1) is 10.5. The molecule has 1 aromatic rings. The van der Waals surface area contributed by atoms with Crippen LogP contribution in [-0.2, 0) is 9.53 Å². The lowest BCUT2D eigenvalue weighted by atomic mass is 10.2. The quantitative estimate of drug-likeness (QED) is 0.650. The Kier molecular flexibility index (Phi) is 5.29. The molecule has 0 aromatic heterocycles. The average Bonchev–Trinajstić information content (AvgIpc) is 2.47. The lowest BCUT2D eigenvalue weighted by Crippen LogP contribution is -2.44. The second-order valence-electron chi connectivity index (χ2n) is 5.10. The predicted molar refractivity (Wildman–Crippen MR) is 80.1 cm³/mol. The first kappa shape index (κ1) is 16.2. The molecule has 1 saturated heterocycles. The maximum absolute atomic E-state index is 12.1. The van der Waals surface area contributed by atoms with Crippen LogP contribution in [0.3, 0.4) is 0 Å². The number of nitro groups is 1. The van der Waals surface area contributed by atoms with Gasteiger partial charge in [0.2, 0.25) is 5.91 Å². The molecular weight excluding hydrogens is 290 g/mol. The van der Waals surface area contributed by atoms with Gasteiger partial charge >= 0.3 is 0 Å². The second kappa shape index (κ2) is 7.19. The maximum atomic E-state index is 12.1. The minimum atomic E-state index is -0.547. The molecule has 2 rings (SSSR count). The number of carbonyl (C=O) groups excluding carboxylic acids is 1. The van der Waals surface area contributed by atoms with Gasteiger partial charge in [-0.1, -0.05) is 0 Å². The number of morpholine rings is 1. The van der Waals surface area contributed by atoms with E-state index in [0.717, 1.165) is 0 Å². The highest BCUT2D eigenvalue weighted by Crippen LogP contribution is 2.28. The summed E-state index contributed by atoms with van der Waals surface area (Å²) in [5, 5.41) is 13.7. The van der Waals surface area contributed by atoms with E-state index < -0.39 is 4.92 Å². The number of nitro benzene ring substituents is 1. The van der Waals surface area contributed by atoms with Crippen LogP contribution < -0.4 is 10.1 Å². The van der Waals surface area contributed by atoms with E-state index in [4.69, 9.17) is 9.47 Å². The van der Waals surface area contributed by atoms with Gasteiger partial charge < -0.3 is 14.8 Å². The van der Waals surface area contributed by atoms with Crippen LogP contribution in [0.1, 0.15) is 6.92 Å². The van der Waals surface area contributed by atoms with E-state index in [0.29, 0.717) is 25.4 Å². The number of hydrogen-bond donors (Lipinski definition) is 1. The number of ether oxygens (including phenoxy) is 2. The molecule has 1 aromatic carbocycles. The molecule has 1 unspecified atom stereocenters. The van der Waals surface area contributed by atoms with E-state index in [9.17, 15) is 14.9 Å². The first-order valence-corrected chi connectivity index (χ1v) is 6.96. The van der Waals surface area contributed by atoms with Crippen LogP contribution in [0.15, 0.2) is 18.2 Å². The van der Waals surface area contributed by atoms with Gasteiger partial charge in [-0.15, -0.1) is 0 Å². The van der Waals surface area contributed by atoms with Gasteiger partial charge in [-0.3, -0.25) is 19.8 Å². The third-order valence-electron chi connectivity index (χ3n) is 3.37. The van der Waals surface area contributed by atoms with E-state index in [1.165, 1.54) is 19.2 Å². The number of nitrogens with one attached hydrogen (secondary N) is 1. The minimum absolute atomic E-state index is 0.0804. The molecule has 0 spiro atoms. The molecule has 1 heterocycles. The molecular formula is C14H19N3O5. The van der Waals surface area contributed by atoms with Crippen LogP contribution in [0.5, 0.6) is 5.75 Å². The molecule has 1 N–H and O–H groups in total. The van der Waals surface area contributed by atoms with Crippen molar-refractivity contribution in [3.8, 4) is 5.75 Å². The zero-order valence-electron chi connectivity index (χ0n) is 12.6. The molecule has 0 saturated carbocycles. The number of amides is 1. The number of hydrogen-bond acceptors (Lipinski definition) is 6. The molecule has 1 fully saturated rings. The average molecular weight is 309 g/mol. The predicted octanol–water partition coefficient (Wildman–Crippen LogP) is 1.26. The fraction of sp³-hybridized carbons (Fsp3) is 0.500. The van der Waals surface area contributed by atoms with Crippen molar-refractivity contribution in [3.05, 3.63) is 28.3 Å². The van der Waals surface area contributed by atoms with Gasteiger partial charge in [0.1, 0.15) is 11.4 Å². The summed E-state index contributed by atoms with van der Waals surface area (Å²) in [6.45, 7) is 4.03. The Morgan fingerprint density at radius 3 is 3.00 bits per heavy atom. The SMILES string of the molecule is COc1ccc(NC(=O)CN2CCOC(C)C2)c([N+](=O)[O-])c1. The Morgan fingerprint density at radius 1 is 1.59 bits per heavy atom. The van der Waals surface area contributed by atoms with Crippen LogP contribution in [0.25, 0.3) is 0 Å². The second-order valence-corrected chi connectivity index (χ2v) is 5.10. The molecule has 8 nitrogen and oxygen atoms in total. The van der Waals surface area contributed by atoms with Crippen LogP contribution >= 0.6 is 0 Å². The van der Waals surface area contributed by atoms with Crippen LogP contribution in [0, 0.1) is 10.1 Å². The Labute approximate surface area is 128 Å². The lowest BCUT2D eigenvalue weighted by Gasteiger charge is -2.30. The van der Waals surface area contributed by atoms with Crippen molar-refractivity contribution < 1.29 is 19.2 Å². The molecule has 0 aliphatic carbocycles. The Morgan fingerprint density at radius 2 is 2.36 bits per heavy atom. The number of anilines is 1. The van der Waals surface area contributed by atoms with Crippen molar-refractivity contribution in [2.75, 3.05) is 38.7 Å². The molecule has 0 radical (unpaired) electrons. The van der Waals surface area contributed by atoms with E-state index in [2.05, 4.69) is 5.32 Å². The summed E-state index contributed by atoms with van der Waals surface area (Å²) in [6.07, 6.45) is 0.0804. The van der Waals surface area contributed by atoms with Gasteiger partial charge in [0.25, 0.3) is 5.69 Å². The molecule has 1 amide bonds. The summed E-state index contributed by atoms with van der Waals surface area (Å²) in [4.78, 5) is 24.6. The van der Waals surface area contributed by atoms with Crippen LogP contribution in [0.2, 0.25) is 0 Å². The van der Waals surface area contributed by atoms with E-state index in [1.54, 1.807) is 6.07 Å². The number of carbonyl (C=O) groups is 1. The third-order valence-corrected chi connectivity index (χ3v) is 3.37. The van der Waals surface area contributed by atoms with Crippen molar-refractivity contribution in [2.45, 2.75) is 13.0 Å². The normalized spacial score (nSPS) is 18.7. The van der Waals surface area contributed by atoms with Gasteiger partial charge in [0.05, 0.1) is 37.4 Å². The molecule has 120 valence electrons. The molecule has 8 heteroatoms. The number of methoxy groups -OCH3 is 1. The number of rotatable bonds is 5. The van der Waals surface area contributed by atoms with Crippen LogP contribution in [0.4, 0.5) is 11.4 Å². The van der Waals surface area contributed by atoms with Crippen molar-refractivity contribution >= 4 is 17.3 Å². The van der Waals surface area contributed by atoms with Gasteiger partial charge in [-0.2, -0.15) is 0 Å². The smallest absolute Gasteiger partial charge is 0.296 e. The molecule has 0 bridgehead atoms. The highest BCUT2D eigenvalue weighted by molar-refractivity contribution is 5.94. The van der Waals surface area contributed by atoms with Crippen LogP contribution in [-0.4, -0.2) is 55.2 Å². The maximum Gasteiger partial charge on any atom is 0.296 e. The molecule has 22 heavy (non-hydrogen) atoms. The minimum Gasteiger partial charge on any atom is -0.496 e. The fourth-order valence-electron chi connectivity index (χ4n) is 2.32. The molecule has 1 atom stereocenters. The summed E-state index contributed by atoms with van der Waals surface area (Å²) in [7, 11) is 1.43. The van der Waals surface area contributed by atoms with E-state index in [-0.39, 0.29) is 29.9 Å². The largest absolute Gasteiger partial charge is 0.496 e.